The van der Waals surface area contributed by atoms with Crippen LogP contribution in [0, 0.1) is 6.92 Å². The number of aliphatic imine (C=N–C) groups is 2. The van der Waals surface area contributed by atoms with Crippen LogP contribution in [0.15, 0.2) is 32.6 Å². The lowest BCUT2D eigenvalue weighted by atomic mass is 10.2. The fraction of sp³-hybridized carbons (Fsp3) is 0.333. The summed E-state index contributed by atoms with van der Waals surface area (Å²) in [7, 11) is 0. The molecule has 0 bridgehead atoms. The van der Waals surface area contributed by atoms with Crippen molar-refractivity contribution in [1.29, 1.82) is 0 Å². The van der Waals surface area contributed by atoms with Gasteiger partial charge in [0, 0.05) is 5.57 Å². The SMILES string of the molecule is C/C(=C1/N=C(C(Br)(Br)Br)N=C(C(Br)(Br)Br)N1)c1cc(C)co1. The van der Waals surface area contributed by atoms with Crippen molar-refractivity contribution in [3.63, 3.8) is 0 Å². The van der Waals surface area contributed by atoms with E-state index in [-0.39, 0.29) is 0 Å². The first kappa shape index (κ1) is 19.4. The second-order valence-electron chi connectivity index (χ2n) is 4.48. The highest BCUT2D eigenvalue weighted by molar-refractivity contribution is 9.40. The van der Waals surface area contributed by atoms with Gasteiger partial charge in [-0.1, -0.05) is 95.6 Å². The summed E-state index contributed by atoms with van der Waals surface area (Å²) < 4.78 is 4.11. The van der Waals surface area contributed by atoms with Gasteiger partial charge in [-0.2, -0.15) is 0 Å². The highest BCUT2D eigenvalue weighted by Gasteiger charge is 2.35. The molecule has 0 aromatic carbocycles. The minimum atomic E-state index is -0.733. The molecule has 0 amide bonds. The Morgan fingerprint density at radius 2 is 1.73 bits per heavy atom. The lowest BCUT2D eigenvalue weighted by Gasteiger charge is -2.25. The van der Waals surface area contributed by atoms with E-state index in [1.165, 1.54) is 0 Å². The summed E-state index contributed by atoms with van der Waals surface area (Å²) in [6.07, 6.45) is 1.70. The standard InChI is InChI=1S/C12H9Br6N3O/c1-5-3-7(22-4-5)6(2)8-19-9(11(13,14)15)21-10(20-8)12(16,17)18/h3-4H,1-2H3,(H,19,20,21). The largest absolute Gasteiger partial charge is 0.464 e. The van der Waals surface area contributed by atoms with Gasteiger partial charge in [0.2, 0.25) is 0 Å². The van der Waals surface area contributed by atoms with Crippen LogP contribution >= 0.6 is 95.6 Å². The molecule has 0 saturated carbocycles. The Balaban J connectivity index is 2.54. The number of halogens is 6. The molecule has 1 aromatic heterocycles. The zero-order chi connectivity index (χ0) is 16.7. The number of allylic oxidation sites excluding steroid dienone is 1. The Morgan fingerprint density at radius 3 is 2.18 bits per heavy atom. The maximum Gasteiger partial charge on any atom is 0.194 e. The summed E-state index contributed by atoms with van der Waals surface area (Å²) in [6.45, 7) is 3.91. The van der Waals surface area contributed by atoms with Crippen molar-refractivity contribution in [2.24, 2.45) is 9.98 Å². The number of nitrogens with one attached hydrogen (secondary N) is 1. The zero-order valence-electron chi connectivity index (χ0n) is 11.2. The first-order valence-electron chi connectivity index (χ1n) is 5.83. The monoisotopic (exact) mass is 685 g/mol. The molecule has 120 valence electrons. The Hall–Kier alpha value is 1.04. The van der Waals surface area contributed by atoms with Crippen LogP contribution in [0.2, 0.25) is 0 Å². The molecule has 2 rings (SSSR count). The number of rotatable bonds is 1. The third-order valence-corrected chi connectivity index (χ3v) is 4.84. The van der Waals surface area contributed by atoms with Gasteiger partial charge in [-0.25, -0.2) is 9.98 Å². The number of hydrogen-bond donors (Lipinski definition) is 1. The van der Waals surface area contributed by atoms with Crippen molar-refractivity contribution in [3.05, 3.63) is 29.5 Å². The molecule has 1 N–H and O–H groups in total. The molecule has 0 saturated heterocycles. The lowest BCUT2D eigenvalue weighted by molar-refractivity contribution is 0.550. The molecule has 0 aliphatic carbocycles. The van der Waals surface area contributed by atoms with Gasteiger partial charge in [-0.15, -0.1) is 0 Å². The molecule has 22 heavy (non-hydrogen) atoms. The normalized spacial score (nSPS) is 18.5. The first-order valence-corrected chi connectivity index (χ1v) is 10.6. The van der Waals surface area contributed by atoms with E-state index < -0.39 is 4.29 Å². The van der Waals surface area contributed by atoms with Gasteiger partial charge in [-0.05, 0) is 25.5 Å². The molecule has 0 spiro atoms. The summed E-state index contributed by atoms with van der Waals surface area (Å²) in [5.74, 6) is 2.48. The van der Waals surface area contributed by atoms with Crippen molar-refractivity contribution in [3.8, 4) is 0 Å². The molecule has 2 heterocycles. The van der Waals surface area contributed by atoms with Crippen molar-refractivity contribution >= 4 is 113 Å². The van der Waals surface area contributed by atoms with Crippen LogP contribution < -0.4 is 5.32 Å². The summed E-state index contributed by atoms with van der Waals surface area (Å²) in [5, 5.41) is 3.18. The predicted octanol–water partition coefficient (Wildman–Crippen LogP) is 6.35. The van der Waals surface area contributed by atoms with Crippen molar-refractivity contribution in [1.82, 2.24) is 5.32 Å². The van der Waals surface area contributed by atoms with Crippen LogP contribution in [0.5, 0.6) is 0 Å². The van der Waals surface area contributed by atoms with Crippen LogP contribution in [0.3, 0.4) is 0 Å². The van der Waals surface area contributed by atoms with Gasteiger partial charge >= 0.3 is 0 Å². The molecular formula is C12H9Br6N3O. The second-order valence-corrected chi connectivity index (χ2v) is 18.0. The second kappa shape index (κ2) is 7.11. The fourth-order valence-corrected chi connectivity index (χ4v) is 2.68. The van der Waals surface area contributed by atoms with Crippen LogP contribution in [-0.4, -0.2) is 16.0 Å². The minimum absolute atomic E-state index is 0.501. The van der Waals surface area contributed by atoms with Crippen molar-refractivity contribution in [2.45, 2.75) is 18.1 Å². The van der Waals surface area contributed by atoms with E-state index in [1.807, 2.05) is 19.9 Å². The third-order valence-electron chi connectivity index (χ3n) is 2.65. The van der Waals surface area contributed by atoms with Crippen molar-refractivity contribution < 1.29 is 4.42 Å². The summed E-state index contributed by atoms with van der Waals surface area (Å²) in [6, 6.07) is 1.96. The maximum absolute atomic E-state index is 5.54. The zero-order valence-corrected chi connectivity index (χ0v) is 20.7. The summed E-state index contributed by atoms with van der Waals surface area (Å²) in [4.78, 5) is 9.00. The smallest absolute Gasteiger partial charge is 0.194 e. The molecule has 0 atom stereocenters. The molecule has 10 heteroatoms. The maximum atomic E-state index is 5.54. The molecular weight excluding hydrogens is 682 g/mol. The van der Waals surface area contributed by atoms with Gasteiger partial charge in [0.15, 0.2) is 10.1 Å². The molecule has 1 aliphatic rings. The molecule has 4 nitrogen and oxygen atoms in total. The van der Waals surface area contributed by atoms with E-state index in [2.05, 4.69) is 111 Å². The van der Waals surface area contributed by atoms with Gasteiger partial charge in [0.25, 0.3) is 0 Å². The fourth-order valence-electron chi connectivity index (χ4n) is 1.59. The topological polar surface area (TPSA) is 49.9 Å². The first-order chi connectivity index (χ1) is 9.98. The number of amidine groups is 2. The Morgan fingerprint density at radius 1 is 1.09 bits per heavy atom. The lowest BCUT2D eigenvalue weighted by Crippen LogP contribution is -2.39. The Bertz CT molecular complexity index is 678. The average Bonchev–Trinajstić information content (AvgIpc) is 2.82. The van der Waals surface area contributed by atoms with E-state index >= 15 is 0 Å². The van der Waals surface area contributed by atoms with Gasteiger partial charge in [-0.3, -0.25) is 0 Å². The number of hydrogen-bond acceptors (Lipinski definition) is 4. The Labute approximate surface area is 178 Å². The van der Waals surface area contributed by atoms with Crippen LogP contribution in [-0.2, 0) is 0 Å². The van der Waals surface area contributed by atoms with Crippen molar-refractivity contribution in [2.75, 3.05) is 0 Å². The average molecular weight is 691 g/mol. The summed E-state index contributed by atoms with van der Waals surface area (Å²) in [5.41, 5.74) is 1.92. The van der Waals surface area contributed by atoms with Gasteiger partial charge < -0.3 is 9.73 Å². The molecule has 0 radical (unpaired) electrons. The van der Waals surface area contributed by atoms with E-state index in [0.29, 0.717) is 17.5 Å². The van der Waals surface area contributed by atoms with E-state index in [9.17, 15) is 0 Å². The number of nitrogens with zero attached hydrogens (tertiary/aromatic N) is 2. The number of furan rings is 1. The van der Waals surface area contributed by atoms with E-state index in [0.717, 1.165) is 16.9 Å². The highest BCUT2D eigenvalue weighted by Crippen LogP contribution is 2.41. The minimum Gasteiger partial charge on any atom is -0.464 e. The quantitative estimate of drug-likeness (QED) is 0.350. The molecule has 0 unspecified atom stereocenters. The number of alkyl halides is 6. The number of aryl methyl sites for hydroxylation is 1. The Kier molecular flexibility index (Phi) is 6.26. The van der Waals surface area contributed by atoms with Gasteiger partial charge in [0.1, 0.15) is 17.4 Å². The molecule has 0 fully saturated rings. The van der Waals surface area contributed by atoms with E-state index in [1.54, 1.807) is 6.26 Å². The van der Waals surface area contributed by atoms with E-state index in [4.69, 9.17) is 4.42 Å². The molecule has 1 aromatic rings. The van der Waals surface area contributed by atoms with Gasteiger partial charge in [0.05, 0.1) is 6.26 Å². The van der Waals surface area contributed by atoms with Crippen LogP contribution in [0.25, 0.3) is 5.57 Å². The predicted molar refractivity (Wildman–Crippen MR) is 113 cm³/mol. The highest BCUT2D eigenvalue weighted by atomic mass is 80.0. The third kappa shape index (κ3) is 4.78. The van der Waals surface area contributed by atoms with Crippen LogP contribution in [0.4, 0.5) is 0 Å². The van der Waals surface area contributed by atoms with Crippen LogP contribution in [0.1, 0.15) is 18.2 Å². The molecule has 1 aliphatic heterocycles. The summed E-state index contributed by atoms with van der Waals surface area (Å²) >= 11 is 20.7.